The van der Waals surface area contributed by atoms with E-state index in [9.17, 15) is 4.21 Å². The zero-order valence-electron chi connectivity index (χ0n) is 9.39. The van der Waals surface area contributed by atoms with Crippen molar-refractivity contribution in [3.8, 4) is 0 Å². The summed E-state index contributed by atoms with van der Waals surface area (Å²) in [7, 11) is -1.15. The van der Waals surface area contributed by atoms with E-state index < -0.39 is 10.8 Å². The fourth-order valence-corrected chi connectivity index (χ4v) is 3.28. The Morgan fingerprint density at radius 2 is 2.35 bits per heavy atom. The van der Waals surface area contributed by atoms with Gasteiger partial charge in [-0.25, -0.2) is 9.19 Å². The van der Waals surface area contributed by atoms with Crippen LogP contribution in [0.2, 0.25) is 0 Å². The van der Waals surface area contributed by atoms with Gasteiger partial charge in [-0.15, -0.1) is 0 Å². The highest BCUT2D eigenvalue weighted by Crippen LogP contribution is 2.18. The third-order valence-corrected chi connectivity index (χ3v) is 4.25. The number of nitrogens with zero attached hydrogens (tertiary/aromatic N) is 1. The van der Waals surface area contributed by atoms with Gasteiger partial charge >= 0.3 is 0 Å². The van der Waals surface area contributed by atoms with Crippen LogP contribution in [0.5, 0.6) is 0 Å². The van der Waals surface area contributed by atoms with Crippen molar-refractivity contribution in [2.75, 3.05) is 12.3 Å². The average Bonchev–Trinajstić information content (AvgIpc) is 2.96. The quantitative estimate of drug-likeness (QED) is 0.900. The number of hydrogen-bond acceptors (Lipinski definition) is 4. The predicted molar refractivity (Wildman–Crippen MR) is 66.3 cm³/mol. The average molecular weight is 250 g/mol. The molecule has 1 aromatic heterocycles. The standard InChI is InChI=1S/C12H14N2O2S/c15-17(8-9-4-3-7-13-9)12-14-10-5-1-2-6-11(10)16-12/h1-2,5-6,9,13H,3-4,7-8H2/t9-,17-/m1/s1. The van der Waals surface area contributed by atoms with Crippen molar-refractivity contribution in [1.29, 1.82) is 0 Å². The number of hydrogen-bond donors (Lipinski definition) is 1. The molecule has 3 rings (SSSR count). The molecule has 1 N–H and O–H groups in total. The summed E-state index contributed by atoms with van der Waals surface area (Å²) < 4.78 is 17.6. The molecule has 1 aliphatic heterocycles. The number of benzene rings is 1. The molecule has 1 aliphatic rings. The first kappa shape index (κ1) is 10.9. The smallest absolute Gasteiger partial charge is 0.287 e. The van der Waals surface area contributed by atoms with Crippen molar-refractivity contribution in [2.45, 2.75) is 24.1 Å². The number of aromatic nitrogens is 1. The molecular formula is C12H14N2O2S. The van der Waals surface area contributed by atoms with Gasteiger partial charge in [0, 0.05) is 11.8 Å². The number of fused-ring (bicyclic) bond motifs is 1. The summed E-state index contributed by atoms with van der Waals surface area (Å²) in [6.45, 7) is 1.02. The second-order valence-electron chi connectivity index (χ2n) is 4.25. The van der Waals surface area contributed by atoms with Crippen molar-refractivity contribution < 1.29 is 8.63 Å². The lowest BCUT2D eigenvalue weighted by molar-refractivity contribution is 0.476. The minimum atomic E-state index is -1.15. The predicted octanol–water partition coefficient (Wildman–Crippen LogP) is 1.69. The molecule has 1 saturated heterocycles. The lowest BCUT2D eigenvalue weighted by Crippen LogP contribution is -2.27. The fourth-order valence-electron chi connectivity index (χ4n) is 2.10. The number of oxazole rings is 1. The van der Waals surface area contributed by atoms with E-state index in [1.165, 1.54) is 0 Å². The second kappa shape index (κ2) is 4.58. The summed E-state index contributed by atoms with van der Waals surface area (Å²) >= 11 is 0. The molecule has 0 bridgehead atoms. The van der Waals surface area contributed by atoms with Gasteiger partial charge in [-0.05, 0) is 31.5 Å². The Labute approximate surface area is 102 Å². The minimum Gasteiger partial charge on any atom is -0.430 e. The summed E-state index contributed by atoms with van der Waals surface area (Å²) in [5.74, 6) is 0.590. The van der Waals surface area contributed by atoms with Gasteiger partial charge < -0.3 is 9.73 Å². The van der Waals surface area contributed by atoms with Gasteiger partial charge in [-0.1, -0.05) is 12.1 Å². The molecule has 0 unspecified atom stereocenters. The molecule has 2 atom stereocenters. The number of nitrogens with one attached hydrogen (secondary N) is 1. The normalized spacial score (nSPS) is 22.0. The molecule has 1 aromatic carbocycles. The number of rotatable bonds is 3. The van der Waals surface area contributed by atoms with Gasteiger partial charge in [-0.3, -0.25) is 0 Å². The second-order valence-corrected chi connectivity index (χ2v) is 5.63. The molecule has 1 fully saturated rings. The highest BCUT2D eigenvalue weighted by molar-refractivity contribution is 7.84. The number of para-hydroxylation sites is 2. The molecule has 4 nitrogen and oxygen atoms in total. The molecule has 0 saturated carbocycles. The summed E-state index contributed by atoms with van der Waals surface area (Å²) in [4.78, 5) is 4.26. The first-order valence-electron chi connectivity index (χ1n) is 5.80. The Bertz CT molecular complexity index is 513. The van der Waals surface area contributed by atoms with Gasteiger partial charge in [0.1, 0.15) is 16.3 Å². The first-order valence-corrected chi connectivity index (χ1v) is 7.12. The van der Waals surface area contributed by atoms with Gasteiger partial charge in [0.25, 0.3) is 5.22 Å². The van der Waals surface area contributed by atoms with Crippen molar-refractivity contribution in [2.24, 2.45) is 0 Å². The Hall–Kier alpha value is -1.20. The van der Waals surface area contributed by atoms with Gasteiger partial charge in [0.15, 0.2) is 5.58 Å². The van der Waals surface area contributed by atoms with Crippen LogP contribution in [0.4, 0.5) is 0 Å². The molecule has 2 aromatic rings. The van der Waals surface area contributed by atoms with Gasteiger partial charge in [0.2, 0.25) is 0 Å². The zero-order chi connectivity index (χ0) is 11.7. The van der Waals surface area contributed by atoms with E-state index in [4.69, 9.17) is 4.42 Å². The SMILES string of the molecule is O=[S@](C[C@H]1CCCN1)c1nc2ccccc2o1. The monoisotopic (exact) mass is 250 g/mol. The van der Waals surface area contributed by atoms with Crippen molar-refractivity contribution in [1.82, 2.24) is 10.3 Å². The van der Waals surface area contributed by atoms with Crippen LogP contribution in [-0.4, -0.2) is 27.5 Å². The van der Waals surface area contributed by atoms with E-state index in [-0.39, 0.29) is 0 Å². The molecule has 17 heavy (non-hydrogen) atoms. The van der Waals surface area contributed by atoms with E-state index in [0.717, 1.165) is 24.9 Å². The van der Waals surface area contributed by atoms with Crippen LogP contribution in [0.25, 0.3) is 11.1 Å². The van der Waals surface area contributed by atoms with Gasteiger partial charge in [-0.2, -0.15) is 0 Å². The van der Waals surface area contributed by atoms with Crippen LogP contribution in [0.15, 0.2) is 33.9 Å². The third kappa shape index (κ3) is 2.25. The molecule has 5 heteroatoms. The minimum absolute atomic E-state index is 0.339. The Balaban J connectivity index is 1.80. The summed E-state index contributed by atoms with van der Waals surface area (Å²) in [5.41, 5.74) is 1.48. The third-order valence-electron chi connectivity index (χ3n) is 2.98. The molecule has 90 valence electrons. The van der Waals surface area contributed by atoms with E-state index in [0.29, 0.717) is 22.6 Å². The van der Waals surface area contributed by atoms with Crippen LogP contribution in [0.1, 0.15) is 12.8 Å². The van der Waals surface area contributed by atoms with Crippen molar-refractivity contribution in [3.05, 3.63) is 24.3 Å². The summed E-state index contributed by atoms with van der Waals surface area (Å²) in [5, 5.41) is 3.68. The van der Waals surface area contributed by atoms with Crippen LogP contribution < -0.4 is 5.32 Å². The topological polar surface area (TPSA) is 55.1 Å². The molecule has 0 spiro atoms. The Morgan fingerprint density at radius 1 is 1.47 bits per heavy atom. The fraction of sp³-hybridized carbons (Fsp3) is 0.417. The maximum atomic E-state index is 12.1. The molecule has 2 heterocycles. The zero-order valence-corrected chi connectivity index (χ0v) is 10.2. The van der Waals surface area contributed by atoms with E-state index in [1.54, 1.807) is 0 Å². The van der Waals surface area contributed by atoms with Crippen LogP contribution >= 0.6 is 0 Å². The van der Waals surface area contributed by atoms with Gasteiger partial charge in [0.05, 0.1) is 0 Å². The molecule has 0 aliphatic carbocycles. The lowest BCUT2D eigenvalue weighted by Gasteiger charge is -2.06. The van der Waals surface area contributed by atoms with Crippen molar-refractivity contribution >= 4 is 21.9 Å². The first-order chi connectivity index (χ1) is 8.33. The van der Waals surface area contributed by atoms with Crippen LogP contribution in [0, 0.1) is 0 Å². The molecule has 0 amide bonds. The van der Waals surface area contributed by atoms with Crippen LogP contribution in [-0.2, 0) is 10.8 Å². The molecule has 0 radical (unpaired) electrons. The van der Waals surface area contributed by atoms with Crippen LogP contribution in [0.3, 0.4) is 0 Å². The van der Waals surface area contributed by atoms with E-state index in [1.807, 2.05) is 24.3 Å². The van der Waals surface area contributed by atoms with Crippen molar-refractivity contribution in [3.63, 3.8) is 0 Å². The Morgan fingerprint density at radius 3 is 3.12 bits per heavy atom. The summed E-state index contributed by atoms with van der Waals surface area (Å²) in [6, 6.07) is 7.84. The molecular weight excluding hydrogens is 236 g/mol. The highest BCUT2D eigenvalue weighted by Gasteiger charge is 2.20. The maximum absolute atomic E-state index is 12.1. The lowest BCUT2D eigenvalue weighted by atomic mass is 10.3. The van der Waals surface area contributed by atoms with E-state index >= 15 is 0 Å². The maximum Gasteiger partial charge on any atom is 0.287 e. The Kier molecular flexibility index (Phi) is 2.94. The highest BCUT2D eigenvalue weighted by atomic mass is 32.2. The van der Waals surface area contributed by atoms with E-state index in [2.05, 4.69) is 10.3 Å². The largest absolute Gasteiger partial charge is 0.430 e. The summed E-state index contributed by atoms with van der Waals surface area (Å²) in [6.07, 6.45) is 2.25.